The summed E-state index contributed by atoms with van der Waals surface area (Å²) < 4.78 is 42.4. The first-order valence-electron chi connectivity index (χ1n) is 14.8. The van der Waals surface area contributed by atoms with Crippen LogP contribution < -0.4 is 10.6 Å². The van der Waals surface area contributed by atoms with Gasteiger partial charge in [0, 0.05) is 35.3 Å². The fourth-order valence-corrected chi connectivity index (χ4v) is 7.44. The highest BCUT2D eigenvalue weighted by atomic mass is 35.5. The van der Waals surface area contributed by atoms with Crippen molar-refractivity contribution in [3.8, 4) is 0 Å². The van der Waals surface area contributed by atoms with Gasteiger partial charge in [-0.3, -0.25) is 14.5 Å². The minimum atomic E-state index is -1.45. The summed E-state index contributed by atoms with van der Waals surface area (Å²) in [5, 5.41) is 24.6. The molecule has 0 aliphatic carbocycles. The van der Waals surface area contributed by atoms with E-state index in [9.17, 15) is 33.0 Å². The first-order valence-corrected chi connectivity index (χ1v) is 15.2. The Labute approximate surface area is 257 Å². The van der Waals surface area contributed by atoms with Gasteiger partial charge in [-0.25, -0.2) is 13.2 Å². The number of likely N-dealkylation sites (tertiary alicyclic amines) is 1. The topological polar surface area (TPSA) is 102 Å². The predicted molar refractivity (Wildman–Crippen MR) is 162 cm³/mol. The number of rotatable bonds is 13. The Balaban J connectivity index is 2.25. The van der Waals surface area contributed by atoms with E-state index in [0.29, 0.717) is 17.9 Å². The number of nitrogens with zero attached hydrogens (tertiary/aromatic N) is 1. The van der Waals surface area contributed by atoms with Gasteiger partial charge in [-0.15, -0.1) is 0 Å². The molecule has 1 unspecified atom stereocenters. The summed E-state index contributed by atoms with van der Waals surface area (Å²) in [6.07, 6.45) is 5.12. The third kappa shape index (κ3) is 7.30. The van der Waals surface area contributed by atoms with Crippen molar-refractivity contribution < 1.29 is 33.0 Å². The Hall–Kier alpha value is -2.40. The Morgan fingerprint density at radius 3 is 2.51 bits per heavy atom. The second-order valence-electron chi connectivity index (χ2n) is 13.2. The molecule has 43 heavy (non-hydrogen) atoms. The van der Waals surface area contributed by atoms with Crippen molar-refractivity contribution in [2.24, 2.45) is 23.2 Å². The fourth-order valence-electron chi connectivity index (χ4n) is 7.37. The maximum Gasteiger partial charge on any atom is 0.237 e. The number of nitrogens with one attached hydrogen (secondary N) is 2. The van der Waals surface area contributed by atoms with E-state index < -0.39 is 72.2 Å². The van der Waals surface area contributed by atoms with Gasteiger partial charge in [-0.05, 0) is 61.3 Å². The van der Waals surface area contributed by atoms with Gasteiger partial charge in [0.05, 0.1) is 24.2 Å². The third-order valence-corrected chi connectivity index (χ3v) is 9.03. The highest BCUT2D eigenvalue weighted by Crippen LogP contribution is 2.58. The summed E-state index contributed by atoms with van der Waals surface area (Å²) >= 11 is 5.87. The Morgan fingerprint density at radius 1 is 1.26 bits per heavy atom. The third-order valence-electron chi connectivity index (χ3n) is 8.80. The largest absolute Gasteiger partial charge is 0.394 e. The highest BCUT2D eigenvalue weighted by molar-refractivity contribution is 6.29. The van der Waals surface area contributed by atoms with Crippen molar-refractivity contribution in [3.05, 3.63) is 52.6 Å². The van der Waals surface area contributed by atoms with Crippen LogP contribution in [0.4, 0.5) is 18.9 Å². The molecule has 240 valence electrons. The zero-order valence-electron chi connectivity index (χ0n) is 25.8. The second kappa shape index (κ2) is 14.1. The summed E-state index contributed by atoms with van der Waals surface area (Å²) in [6.45, 7) is 9.01. The lowest BCUT2D eigenvalue weighted by molar-refractivity contribution is -0.127. The molecule has 2 aliphatic rings. The van der Waals surface area contributed by atoms with E-state index in [4.69, 9.17) is 11.6 Å². The number of hydrogen-bond acceptors (Lipinski definition) is 5. The number of allylic oxidation sites excluding steroid dienone is 4. The lowest BCUT2D eigenvalue weighted by Gasteiger charge is -2.41. The van der Waals surface area contributed by atoms with Crippen LogP contribution in [0.5, 0.6) is 0 Å². The number of halogens is 4. The average molecular weight is 628 g/mol. The van der Waals surface area contributed by atoms with Crippen LogP contribution in [0.15, 0.2) is 35.4 Å². The average Bonchev–Trinajstić information content (AvgIpc) is 3.33. The molecular weight excluding hydrogens is 583 g/mol. The minimum absolute atomic E-state index is 0.0201. The standard InChI is InChI=1S/C32H45ClF3N3O4/c1-18(2)14-31(4,5)15-26-32(22-12-23(35)24(36)13-25(22)38-30(32)43)27(19(3)8-7-9-20(33)16-34)28(39(26)6)29(42)37-11-10-21(41)17-40/h7-9,12-13,18-19,21,26-28,40-41H,10-11,14-17H2,1-6H3,(H,37,42)(H,38,43)/b8-7-,20-9+/t19?,21-,26+,27-,28+,32-/m0/s1. The molecule has 1 aromatic rings. The molecular formula is C32H45ClF3N3O4. The molecule has 1 fully saturated rings. The number of amides is 2. The van der Waals surface area contributed by atoms with Crippen LogP contribution in [0.3, 0.4) is 0 Å². The van der Waals surface area contributed by atoms with E-state index >= 15 is 0 Å². The lowest BCUT2D eigenvalue weighted by Crippen LogP contribution is -2.52. The van der Waals surface area contributed by atoms with Gasteiger partial charge in [0.1, 0.15) is 6.67 Å². The van der Waals surface area contributed by atoms with Crippen LogP contribution in [0.2, 0.25) is 0 Å². The molecule has 4 N–H and O–H groups in total. The van der Waals surface area contributed by atoms with E-state index in [1.54, 1.807) is 19.2 Å². The van der Waals surface area contributed by atoms with E-state index in [2.05, 4.69) is 38.3 Å². The molecule has 0 bridgehead atoms. The SMILES string of the molecule is CC(C)CC(C)(C)C[C@H]1N(C)[C@@H](C(=O)NCC[C@H](O)CO)[C@H](C(C)/C=C\C=C(\Cl)CF)[C@@]12C(=O)Nc1cc(F)c(F)cc12. The molecule has 2 amide bonds. The van der Waals surface area contributed by atoms with Crippen molar-refractivity contribution in [1.29, 1.82) is 0 Å². The maximum absolute atomic E-state index is 14.9. The number of hydrogen-bond donors (Lipinski definition) is 4. The summed E-state index contributed by atoms with van der Waals surface area (Å²) in [5.74, 6) is -3.95. The van der Waals surface area contributed by atoms with E-state index in [1.165, 1.54) is 6.08 Å². The zero-order valence-corrected chi connectivity index (χ0v) is 26.5. The molecule has 1 spiro atoms. The molecule has 6 atom stereocenters. The molecule has 2 heterocycles. The van der Waals surface area contributed by atoms with Gasteiger partial charge in [0.15, 0.2) is 11.6 Å². The monoisotopic (exact) mass is 627 g/mol. The number of aliphatic hydroxyl groups is 2. The number of aliphatic hydroxyl groups excluding tert-OH is 2. The quantitative estimate of drug-likeness (QED) is 0.229. The van der Waals surface area contributed by atoms with Crippen LogP contribution in [-0.4, -0.2) is 72.0 Å². The molecule has 11 heteroatoms. The van der Waals surface area contributed by atoms with Crippen molar-refractivity contribution in [2.75, 3.05) is 32.2 Å². The molecule has 0 radical (unpaired) electrons. The zero-order chi connectivity index (χ0) is 32.3. The van der Waals surface area contributed by atoms with Crippen LogP contribution in [0.25, 0.3) is 0 Å². The molecule has 1 aromatic carbocycles. The van der Waals surface area contributed by atoms with E-state index in [-0.39, 0.29) is 29.1 Å². The number of benzene rings is 1. The predicted octanol–water partition coefficient (Wildman–Crippen LogP) is 5.06. The van der Waals surface area contributed by atoms with Crippen molar-refractivity contribution in [3.63, 3.8) is 0 Å². The maximum atomic E-state index is 14.9. The van der Waals surface area contributed by atoms with Crippen molar-refractivity contribution in [2.45, 2.75) is 77.5 Å². The Kier molecular flexibility index (Phi) is 11.5. The Bertz CT molecular complexity index is 1240. The number of fused-ring (bicyclic) bond motifs is 2. The van der Waals surface area contributed by atoms with Gasteiger partial charge < -0.3 is 20.8 Å². The van der Waals surface area contributed by atoms with Gasteiger partial charge in [-0.2, -0.15) is 0 Å². The Morgan fingerprint density at radius 2 is 1.91 bits per heavy atom. The molecule has 2 aliphatic heterocycles. The molecule has 3 rings (SSSR count). The summed E-state index contributed by atoms with van der Waals surface area (Å²) in [5.41, 5.74) is -1.28. The summed E-state index contributed by atoms with van der Waals surface area (Å²) in [7, 11) is 1.77. The molecule has 1 saturated heterocycles. The molecule has 0 aromatic heterocycles. The number of carbonyl (C=O) groups is 2. The normalized spacial score (nSPS) is 25.9. The number of anilines is 1. The number of likely N-dealkylation sites (N-methyl/N-ethyl adjacent to an activating group) is 1. The van der Waals surface area contributed by atoms with Gasteiger partial charge in [0.2, 0.25) is 11.8 Å². The smallest absolute Gasteiger partial charge is 0.237 e. The van der Waals surface area contributed by atoms with Gasteiger partial charge in [-0.1, -0.05) is 58.4 Å². The van der Waals surface area contributed by atoms with Crippen LogP contribution in [-0.2, 0) is 15.0 Å². The summed E-state index contributed by atoms with van der Waals surface area (Å²) in [6, 6.07) is 0.576. The van der Waals surface area contributed by atoms with Gasteiger partial charge >= 0.3 is 0 Å². The summed E-state index contributed by atoms with van der Waals surface area (Å²) in [4.78, 5) is 30.2. The molecule has 7 nitrogen and oxygen atoms in total. The van der Waals surface area contributed by atoms with E-state index in [0.717, 1.165) is 18.6 Å². The number of carbonyl (C=O) groups excluding carboxylic acids is 2. The van der Waals surface area contributed by atoms with Crippen molar-refractivity contribution >= 4 is 29.1 Å². The number of alkyl halides is 1. The second-order valence-corrected chi connectivity index (χ2v) is 13.6. The van der Waals surface area contributed by atoms with Crippen LogP contribution >= 0.6 is 11.6 Å². The van der Waals surface area contributed by atoms with E-state index in [1.807, 2.05) is 11.8 Å². The van der Waals surface area contributed by atoms with Crippen LogP contribution in [0.1, 0.15) is 59.4 Å². The van der Waals surface area contributed by atoms with Crippen molar-refractivity contribution in [1.82, 2.24) is 10.2 Å². The van der Waals surface area contributed by atoms with Crippen LogP contribution in [0, 0.1) is 34.8 Å². The minimum Gasteiger partial charge on any atom is -0.394 e. The van der Waals surface area contributed by atoms with Gasteiger partial charge in [0.25, 0.3) is 0 Å². The molecule has 0 saturated carbocycles. The lowest BCUT2D eigenvalue weighted by atomic mass is 9.60. The first-order chi connectivity index (χ1) is 20.1. The fraction of sp³-hybridized carbons (Fsp3) is 0.625. The first kappa shape index (κ1) is 35.1. The highest BCUT2D eigenvalue weighted by Gasteiger charge is 2.68.